The van der Waals surface area contributed by atoms with E-state index in [9.17, 15) is 9.90 Å². The molecule has 0 aliphatic heterocycles. The number of benzene rings is 2. The van der Waals surface area contributed by atoms with Crippen molar-refractivity contribution in [1.29, 1.82) is 0 Å². The molecule has 128 valence electrons. The maximum Gasteiger partial charge on any atom is 0.264 e. The van der Waals surface area contributed by atoms with Crippen LogP contribution in [0.2, 0.25) is 10.0 Å². The topological polar surface area (TPSA) is 45.5 Å². The molecule has 0 amide bonds. The molecule has 0 fully saturated rings. The number of hydrogen-bond acceptors (Lipinski definition) is 3. The molecule has 3 aromatic rings. The fourth-order valence-electron chi connectivity index (χ4n) is 2.65. The van der Waals surface area contributed by atoms with Gasteiger partial charge in [0.15, 0.2) is 0 Å². The molecule has 3 rings (SSSR count). The summed E-state index contributed by atoms with van der Waals surface area (Å²) in [5.74, 6) is -0.175. The van der Waals surface area contributed by atoms with E-state index in [1.54, 1.807) is 61.5 Å². The minimum absolute atomic E-state index is 0.0599. The maximum absolute atomic E-state index is 12.8. The summed E-state index contributed by atoms with van der Waals surface area (Å²) in [5.41, 5.74) is 1.01. The molecule has 0 saturated heterocycles. The first-order chi connectivity index (χ1) is 11.8. The molecule has 0 radical (unpaired) electrons. The van der Waals surface area contributed by atoms with Crippen molar-refractivity contribution in [3.63, 3.8) is 0 Å². The summed E-state index contributed by atoms with van der Waals surface area (Å²) in [6.07, 6.45) is 0. The van der Waals surface area contributed by atoms with E-state index in [1.807, 2.05) is 0 Å². The Morgan fingerprint density at radius 3 is 2.36 bits per heavy atom. The Bertz CT molecular complexity index is 1050. The first kappa shape index (κ1) is 17.7. The van der Waals surface area contributed by atoms with E-state index >= 15 is 0 Å². The van der Waals surface area contributed by atoms with Crippen LogP contribution < -0.4 is 10.5 Å². The van der Waals surface area contributed by atoms with Gasteiger partial charge in [-0.25, -0.2) is 0 Å². The monoisotopic (exact) mass is 392 g/mol. The number of thiocarbonyl (C=S) groups is 1. The SMILES string of the molecule is CN(C(=S)c1c(O)c2cc(Cl)ccc2n(C)c1=O)c1ccc(Cl)cc1. The minimum atomic E-state index is -0.377. The third-order valence-electron chi connectivity index (χ3n) is 4.06. The van der Waals surface area contributed by atoms with E-state index < -0.39 is 0 Å². The predicted molar refractivity (Wildman–Crippen MR) is 107 cm³/mol. The van der Waals surface area contributed by atoms with Crippen LogP contribution in [0.4, 0.5) is 5.69 Å². The second kappa shape index (κ2) is 6.67. The number of rotatable bonds is 2. The van der Waals surface area contributed by atoms with Crippen molar-refractivity contribution < 1.29 is 5.11 Å². The molecule has 0 aliphatic carbocycles. The van der Waals surface area contributed by atoms with Crippen molar-refractivity contribution in [2.75, 3.05) is 11.9 Å². The molecule has 0 unspecified atom stereocenters. The third-order valence-corrected chi connectivity index (χ3v) is 5.03. The standard InChI is InChI=1S/C18H14Cl2N2O2S/c1-21(12-6-3-10(19)4-7-12)18(25)15-16(23)13-9-11(20)5-8-14(13)22(2)17(15)24/h3-9,23H,1-2H3. The van der Waals surface area contributed by atoms with E-state index in [1.165, 1.54) is 4.57 Å². The molecule has 1 heterocycles. The first-order valence-electron chi connectivity index (χ1n) is 7.36. The second-order valence-corrected chi connectivity index (χ2v) is 6.85. The lowest BCUT2D eigenvalue weighted by molar-refractivity contribution is 0.478. The summed E-state index contributed by atoms with van der Waals surface area (Å²) in [6, 6.07) is 12.0. The zero-order valence-electron chi connectivity index (χ0n) is 13.5. The number of aryl methyl sites for hydroxylation is 1. The maximum atomic E-state index is 12.8. The normalized spacial score (nSPS) is 10.9. The Labute approximate surface area is 159 Å². The second-order valence-electron chi connectivity index (χ2n) is 5.59. The first-order valence-corrected chi connectivity index (χ1v) is 8.52. The van der Waals surface area contributed by atoms with E-state index in [0.717, 1.165) is 5.69 Å². The van der Waals surface area contributed by atoms with Crippen molar-refractivity contribution in [3.8, 4) is 5.75 Å². The van der Waals surface area contributed by atoms with Gasteiger partial charge >= 0.3 is 0 Å². The smallest absolute Gasteiger partial charge is 0.264 e. The Balaban J connectivity index is 2.19. The summed E-state index contributed by atoms with van der Waals surface area (Å²) in [6.45, 7) is 0. The lowest BCUT2D eigenvalue weighted by Gasteiger charge is -2.22. The van der Waals surface area contributed by atoms with Gasteiger partial charge in [0.2, 0.25) is 0 Å². The highest BCUT2D eigenvalue weighted by atomic mass is 35.5. The molecule has 4 nitrogen and oxygen atoms in total. The highest BCUT2D eigenvalue weighted by Gasteiger charge is 2.21. The predicted octanol–water partition coefficient (Wildman–Crippen LogP) is 4.36. The van der Waals surface area contributed by atoms with E-state index in [2.05, 4.69) is 0 Å². The van der Waals surface area contributed by atoms with Crippen LogP contribution in [0.1, 0.15) is 5.56 Å². The molecule has 0 atom stereocenters. The molecule has 0 aliphatic rings. The van der Waals surface area contributed by atoms with Crippen LogP contribution >= 0.6 is 35.4 Å². The molecule has 2 aromatic carbocycles. The molecule has 7 heteroatoms. The van der Waals surface area contributed by atoms with Crippen LogP contribution in [0.5, 0.6) is 5.75 Å². The van der Waals surface area contributed by atoms with Gasteiger partial charge in [-0.05, 0) is 42.5 Å². The van der Waals surface area contributed by atoms with Gasteiger partial charge in [0, 0.05) is 35.2 Å². The number of aromatic nitrogens is 1. The zero-order chi connectivity index (χ0) is 18.3. The molecular formula is C18H14Cl2N2O2S. The zero-order valence-corrected chi connectivity index (χ0v) is 15.8. The van der Waals surface area contributed by atoms with E-state index in [0.29, 0.717) is 20.9 Å². The van der Waals surface area contributed by atoms with Gasteiger partial charge < -0.3 is 14.6 Å². The fraction of sp³-hybridized carbons (Fsp3) is 0.111. The van der Waals surface area contributed by atoms with Gasteiger partial charge in [0.05, 0.1) is 5.52 Å². The average Bonchev–Trinajstić information content (AvgIpc) is 2.60. The van der Waals surface area contributed by atoms with E-state index in [4.69, 9.17) is 35.4 Å². The number of anilines is 1. The third kappa shape index (κ3) is 3.11. The average molecular weight is 393 g/mol. The van der Waals surface area contributed by atoms with Crippen molar-refractivity contribution >= 4 is 57.0 Å². The minimum Gasteiger partial charge on any atom is -0.506 e. The summed E-state index contributed by atoms with van der Waals surface area (Å²) >= 11 is 17.4. The van der Waals surface area contributed by atoms with Gasteiger partial charge in [-0.1, -0.05) is 35.4 Å². The van der Waals surface area contributed by atoms with Gasteiger partial charge in [-0.2, -0.15) is 0 Å². The molecule has 1 N–H and O–H groups in total. The van der Waals surface area contributed by atoms with Crippen molar-refractivity contribution in [3.05, 3.63) is 68.4 Å². The highest BCUT2D eigenvalue weighted by Crippen LogP contribution is 2.30. The summed E-state index contributed by atoms with van der Waals surface area (Å²) in [7, 11) is 3.36. The van der Waals surface area contributed by atoms with Crippen molar-refractivity contribution in [2.24, 2.45) is 7.05 Å². The lowest BCUT2D eigenvalue weighted by atomic mass is 10.1. The number of fused-ring (bicyclic) bond motifs is 1. The fourth-order valence-corrected chi connectivity index (χ4v) is 3.23. The summed E-state index contributed by atoms with van der Waals surface area (Å²) < 4.78 is 1.45. The van der Waals surface area contributed by atoms with Gasteiger partial charge in [-0.15, -0.1) is 0 Å². The summed E-state index contributed by atoms with van der Waals surface area (Å²) in [5, 5.41) is 12.2. The Morgan fingerprint density at radius 2 is 1.72 bits per heavy atom. The molecule has 1 aromatic heterocycles. The Hall–Kier alpha value is -2.08. The molecule has 0 bridgehead atoms. The summed E-state index contributed by atoms with van der Waals surface area (Å²) in [4.78, 5) is 14.6. The van der Waals surface area contributed by atoms with Crippen LogP contribution in [-0.2, 0) is 7.05 Å². The van der Waals surface area contributed by atoms with Gasteiger partial charge in [0.1, 0.15) is 16.3 Å². The number of pyridine rings is 1. The highest BCUT2D eigenvalue weighted by molar-refractivity contribution is 7.81. The molecule has 0 spiro atoms. The lowest BCUT2D eigenvalue weighted by Crippen LogP contribution is -2.33. The van der Waals surface area contributed by atoms with Crippen LogP contribution in [-0.4, -0.2) is 21.7 Å². The van der Waals surface area contributed by atoms with Crippen molar-refractivity contribution in [1.82, 2.24) is 4.57 Å². The van der Waals surface area contributed by atoms with Crippen molar-refractivity contribution in [2.45, 2.75) is 0 Å². The Kier molecular flexibility index (Phi) is 4.73. The van der Waals surface area contributed by atoms with Crippen LogP contribution in [0.3, 0.4) is 0 Å². The van der Waals surface area contributed by atoms with Crippen LogP contribution in [0.25, 0.3) is 10.9 Å². The van der Waals surface area contributed by atoms with E-state index in [-0.39, 0.29) is 21.9 Å². The molecular weight excluding hydrogens is 379 g/mol. The number of nitrogens with zero attached hydrogens (tertiary/aromatic N) is 2. The quantitative estimate of drug-likeness (QED) is 0.657. The van der Waals surface area contributed by atoms with Crippen LogP contribution in [0, 0.1) is 0 Å². The largest absolute Gasteiger partial charge is 0.506 e. The number of halogens is 2. The molecule has 25 heavy (non-hydrogen) atoms. The van der Waals surface area contributed by atoms with Gasteiger partial charge in [0.25, 0.3) is 5.56 Å². The Morgan fingerprint density at radius 1 is 1.12 bits per heavy atom. The number of hydrogen-bond donors (Lipinski definition) is 1. The molecule has 0 saturated carbocycles. The van der Waals surface area contributed by atoms with Gasteiger partial charge in [-0.3, -0.25) is 4.79 Å². The van der Waals surface area contributed by atoms with Crippen LogP contribution in [0.15, 0.2) is 47.3 Å². The number of aromatic hydroxyl groups is 1.